The van der Waals surface area contributed by atoms with Gasteiger partial charge in [0.25, 0.3) is 0 Å². The summed E-state index contributed by atoms with van der Waals surface area (Å²) in [5, 5.41) is 9.74. The van der Waals surface area contributed by atoms with Gasteiger partial charge in [-0.25, -0.2) is 0 Å². The molecule has 0 aromatic heterocycles. The van der Waals surface area contributed by atoms with Crippen molar-refractivity contribution in [3.63, 3.8) is 0 Å². The first-order valence-corrected chi connectivity index (χ1v) is 5.18. The van der Waals surface area contributed by atoms with Gasteiger partial charge in [0.2, 0.25) is 0 Å². The van der Waals surface area contributed by atoms with E-state index in [1.54, 1.807) is 0 Å². The van der Waals surface area contributed by atoms with Crippen molar-refractivity contribution < 1.29 is 14.6 Å². The maximum Gasteiger partial charge on any atom is 0.146 e. The maximum absolute atomic E-state index is 9.74. The van der Waals surface area contributed by atoms with Crippen molar-refractivity contribution in [3.8, 4) is 0 Å². The van der Waals surface area contributed by atoms with Crippen LogP contribution in [0, 0.1) is 5.92 Å². The summed E-state index contributed by atoms with van der Waals surface area (Å²) in [6.07, 6.45) is 4.14. The lowest BCUT2D eigenvalue weighted by Gasteiger charge is -2.26. The Morgan fingerprint density at radius 3 is 2.62 bits per heavy atom. The zero-order valence-electron chi connectivity index (χ0n) is 8.37. The highest BCUT2D eigenvalue weighted by molar-refractivity contribution is 4.69. The van der Waals surface area contributed by atoms with E-state index in [1.807, 2.05) is 0 Å². The first-order chi connectivity index (χ1) is 6.34. The third-order valence-corrected chi connectivity index (χ3v) is 2.48. The largest absolute Gasteiger partial charge is 0.393 e. The van der Waals surface area contributed by atoms with Crippen LogP contribution in [0.5, 0.6) is 0 Å². The maximum atomic E-state index is 9.74. The lowest BCUT2D eigenvalue weighted by atomic mass is 9.98. The van der Waals surface area contributed by atoms with Crippen LogP contribution in [0.1, 0.15) is 32.6 Å². The van der Waals surface area contributed by atoms with E-state index in [2.05, 4.69) is 6.92 Å². The quantitative estimate of drug-likeness (QED) is 0.665. The van der Waals surface area contributed by atoms with E-state index in [-0.39, 0.29) is 12.0 Å². The van der Waals surface area contributed by atoms with Gasteiger partial charge in [0.05, 0.1) is 19.3 Å². The van der Waals surface area contributed by atoms with E-state index in [4.69, 9.17) is 9.47 Å². The van der Waals surface area contributed by atoms with Crippen LogP contribution >= 0.6 is 0 Å². The van der Waals surface area contributed by atoms with Crippen LogP contribution in [0.25, 0.3) is 0 Å². The summed E-state index contributed by atoms with van der Waals surface area (Å²) in [5.74, 6) is 0.186. The molecule has 3 nitrogen and oxygen atoms in total. The summed E-state index contributed by atoms with van der Waals surface area (Å²) in [4.78, 5) is 0. The monoisotopic (exact) mass is 188 g/mol. The molecule has 1 saturated heterocycles. The van der Waals surface area contributed by atoms with Gasteiger partial charge in [0.15, 0.2) is 0 Å². The molecule has 0 aromatic carbocycles. The molecule has 3 heteroatoms. The second-order valence-electron chi connectivity index (χ2n) is 3.68. The molecule has 0 spiro atoms. The Morgan fingerprint density at radius 1 is 1.31 bits per heavy atom. The number of ether oxygens (including phenoxy) is 2. The van der Waals surface area contributed by atoms with E-state index in [1.165, 1.54) is 12.8 Å². The lowest BCUT2D eigenvalue weighted by molar-refractivity contribution is -0.149. The molecular formula is C10H20O3. The minimum atomic E-state index is -0.244. The molecule has 1 aliphatic heterocycles. The van der Waals surface area contributed by atoms with Gasteiger partial charge in [-0.15, -0.1) is 0 Å². The molecular weight excluding hydrogens is 168 g/mol. The molecule has 1 atom stereocenters. The highest BCUT2D eigenvalue weighted by Gasteiger charge is 2.22. The van der Waals surface area contributed by atoms with Crippen LogP contribution in [0.3, 0.4) is 0 Å². The second kappa shape index (κ2) is 6.35. The molecule has 0 aliphatic carbocycles. The standard InChI is InChI=1S/C10H20O3/c1-2-3-4-5-10(11)9-6-12-8-13-7-9/h9-11H,2-8H2,1H3. The van der Waals surface area contributed by atoms with Gasteiger partial charge in [-0.05, 0) is 6.42 Å². The number of hydrogen-bond donors (Lipinski definition) is 1. The predicted molar refractivity (Wildman–Crippen MR) is 50.4 cm³/mol. The smallest absolute Gasteiger partial charge is 0.146 e. The highest BCUT2D eigenvalue weighted by atomic mass is 16.7. The van der Waals surface area contributed by atoms with E-state index in [0.29, 0.717) is 20.0 Å². The van der Waals surface area contributed by atoms with Crippen molar-refractivity contribution in [3.05, 3.63) is 0 Å². The van der Waals surface area contributed by atoms with E-state index < -0.39 is 0 Å². The summed E-state index contributed by atoms with van der Waals surface area (Å²) in [6, 6.07) is 0. The number of unbranched alkanes of at least 4 members (excludes halogenated alkanes) is 2. The predicted octanol–water partition coefficient (Wildman–Crippen LogP) is 1.55. The Labute approximate surface area is 80.0 Å². The first kappa shape index (κ1) is 11.0. The molecule has 0 bridgehead atoms. The summed E-state index contributed by atoms with van der Waals surface area (Å²) >= 11 is 0. The van der Waals surface area contributed by atoms with Gasteiger partial charge in [0, 0.05) is 5.92 Å². The molecule has 13 heavy (non-hydrogen) atoms. The Morgan fingerprint density at radius 2 is 2.00 bits per heavy atom. The molecule has 1 rings (SSSR count). The fourth-order valence-corrected chi connectivity index (χ4v) is 1.57. The van der Waals surface area contributed by atoms with Gasteiger partial charge in [-0.3, -0.25) is 0 Å². The first-order valence-electron chi connectivity index (χ1n) is 5.18. The van der Waals surface area contributed by atoms with Crippen LogP contribution in [-0.2, 0) is 9.47 Å². The van der Waals surface area contributed by atoms with E-state index in [9.17, 15) is 5.11 Å². The summed E-state index contributed by atoms with van der Waals surface area (Å²) in [6.45, 7) is 3.85. The van der Waals surface area contributed by atoms with E-state index >= 15 is 0 Å². The Bertz CT molecular complexity index is 121. The van der Waals surface area contributed by atoms with Gasteiger partial charge in [0.1, 0.15) is 6.79 Å². The molecule has 1 heterocycles. The fourth-order valence-electron chi connectivity index (χ4n) is 1.57. The summed E-state index contributed by atoms with van der Waals surface area (Å²) < 4.78 is 10.3. The van der Waals surface area contributed by atoms with Crippen LogP contribution in [0.4, 0.5) is 0 Å². The zero-order valence-corrected chi connectivity index (χ0v) is 8.37. The molecule has 0 radical (unpaired) electrons. The molecule has 1 aliphatic rings. The highest BCUT2D eigenvalue weighted by Crippen LogP contribution is 2.15. The van der Waals surface area contributed by atoms with Crippen molar-refractivity contribution in [2.75, 3.05) is 20.0 Å². The fraction of sp³-hybridized carbons (Fsp3) is 1.00. The average molecular weight is 188 g/mol. The van der Waals surface area contributed by atoms with Gasteiger partial charge in [-0.2, -0.15) is 0 Å². The van der Waals surface area contributed by atoms with Crippen LogP contribution in [0.2, 0.25) is 0 Å². The van der Waals surface area contributed by atoms with E-state index in [0.717, 1.165) is 12.8 Å². The number of rotatable bonds is 5. The SMILES string of the molecule is CCCCCC(O)C1COCOC1. The third-order valence-electron chi connectivity index (χ3n) is 2.48. The molecule has 1 fully saturated rings. The average Bonchev–Trinajstić information content (AvgIpc) is 2.19. The second-order valence-corrected chi connectivity index (χ2v) is 3.68. The lowest BCUT2D eigenvalue weighted by Crippen LogP contribution is -2.33. The minimum Gasteiger partial charge on any atom is -0.393 e. The van der Waals surface area contributed by atoms with Gasteiger partial charge < -0.3 is 14.6 Å². The Hall–Kier alpha value is -0.120. The molecule has 1 unspecified atom stereocenters. The van der Waals surface area contributed by atoms with Crippen molar-refractivity contribution in [1.29, 1.82) is 0 Å². The Balaban J connectivity index is 2.09. The molecule has 0 aromatic rings. The Kier molecular flexibility index (Phi) is 5.35. The van der Waals surface area contributed by atoms with Crippen molar-refractivity contribution in [2.24, 2.45) is 5.92 Å². The molecule has 78 valence electrons. The van der Waals surface area contributed by atoms with Gasteiger partial charge in [-0.1, -0.05) is 26.2 Å². The third kappa shape index (κ3) is 4.07. The summed E-state index contributed by atoms with van der Waals surface area (Å²) in [7, 11) is 0. The minimum absolute atomic E-state index is 0.186. The number of aliphatic hydroxyl groups excluding tert-OH is 1. The van der Waals surface area contributed by atoms with Crippen molar-refractivity contribution >= 4 is 0 Å². The molecule has 0 saturated carbocycles. The molecule has 1 N–H and O–H groups in total. The van der Waals surface area contributed by atoms with Crippen LogP contribution in [-0.4, -0.2) is 31.2 Å². The van der Waals surface area contributed by atoms with Crippen LogP contribution < -0.4 is 0 Å². The van der Waals surface area contributed by atoms with Crippen molar-refractivity contribution in [1.82, 2.24) is 0 Å². The summed E-state index contributed by atoms with van der Waals surface area (Å²) in [5.41, 5.74) is 0. The van der Waals surface area contributed by atoms with Gasteiger partial charge >= 0.3 is 0 Å². The number of aliphatic hydroxyl groups is 1. The topological polar surface area (TPSA) is 38.7 Å². The normalized spacial score (nSPS) is 21.7. The zero-order chi connectivity index (χ0) is 9.52. The van der Waals surface area contributed by atoms with Crippen molar-refractivity contribution in [2.45, 2.75) is 38.7 Å². The van der Waals surface area contributed by atoms with Crippen LogP contribution in [0.15, 0.2) is 0 Å². The molecule has 0 amide bonds. The number of hydrogen-bond acceptors (Lipinski definition) is 3.